The van der Waals surface area contributed by atoms with Crippen LogP contribution < -0.4 is 4.90 Å². The Kier molecular flexibility index (Phi) is 16.5. The molecule has 19 nitrogen and oxygen atoms in total. The van der Waals surface area contributed by atoms with E-state index in [0.29, 0.717) is 57.6 Å². The van der Waals surface area contributed by atoms with Crippen LogP contribution in [0.5, 0.6) is 0 Å². The van der Waals surface area contributed by atoms with Crippen molar-refractivity contribution >= 4 is 65.2 Å². The fourth-order valence-electron chi connectivity index (χ4n) is 8.35. The summed E-state index contributed by atoms with van der Waals surface area (Å²) in [6.45, 7) is 6.94. The normalized spacial score (nSPS) is 21.0. The zero-order valence-corrected chi connectivity index (χ0v) is 39.2. The molecule has 0 bridgehead atoms. The van der Waals surface area contributed by atoms with Crippen LogP contribution in [-0.2, 0) is 74.6 Å². The van der Waals surface area contributed by atoms with Crippen molar-refractivity contribution in [3.63, 3.8) is 0 Å². The van der Waals surface area contributed by atoms with Crippen molar-refractivity contribution < 1.29 is 76.9 Å². The van der Waals surface area contributed by atoms with E-state index in [2.05, 4.69) is 0 Å². The molecular weight excluding hydrogens is 911 g/mol. The summed E-state index contributed by atoms with van der Waals surface area (Å²) in [7, 11) is -11.3. The minimum Gasteiger partial charge on any atom is -0.748 e. The van der Waals surface area contributed by atoms with Gasteiger partial charge in [-0.3, -0.25) is 9.59 Å². The first-order chi connectivity index (χ1) is 30.4. The first-order valence-electron chi connectivity index (χ1n) is 20.7. The minimum absolute atomic E-state index is 0.0618. The van der Waals surface area contributed by atoms with Crippen molar-refractivity contribution in [1.82, 2.24) is 5.06 Å². The van der Waals surface area contributed by atoms with Gasteiger partial charge in [0.25, 0.3) is 11.8 Å². The van der Waals surface area contributed by atoms with E-state index < -0.39 is 74.5 Å². The number of carbonyl (C=O) groups excluding carboxylic acids is 3. The van der Waals surface area contributed by atoms with Gasteiger partial charge < -0.3 is 37.6 Å². The third-order valence-corrected chi connectivity index (χ3v) is 14.2. The molecule has 3 aliphatic heterocycles. The van der Waals surface area contributed by atoms with E-state index in [1.54, 1.807) is 32.1 Å². The lowest BCUT2D eigenvalue weighted by Gasteiger charge is -2.30. The highest BCUT2D eigenvalue weighted by molar-refractivity contribution is 7.86. The summed E-state index contributed by atoms with van der Waals surface area (Å²) < 4.78 is 127. The number of rotatable bonds is 23. The van der Waals surface area contributed by atoms with Gasteiger partial charge in [-0.05, 0) is 88.4 Å². The second-order valence-corrected chi connectivity index (χ2v) is 20.6. The number of fused-ring (bicyclic) bond motifs is 2. The Hall–Kier alpha value is -4.65. The van der Waals surface area contributed by atoms with Crippen molar-refractivity contribution in [2.75, 3.05) is 64.4 Å². The first kappa shape index (κ1) is 51.3. The number of hydrogen-bond donors (Lipinski definition) is 0. The molecule has 5 rings (SSSR count). The molecule has 65 heavy (non-hydrogen) atoms. The topological polar surface area (TPSA) is 269 Å². The molecule has 0 aliphatic carbocycles. The average molecular weight is 964 g/mol. The largest absolute Gasteiger partial charge is 0.748 e. The highest BCUT2D eigenvalue weighted by atomic mass is 32.2. The van der Waals surface area contributed by atoms with Crippen molar-refractivity contribution in [2.24, 2.45) is 0 Å². The van der Waals surface area contributed by atoms with E-state index in [4.69, 9.17) is 19.0 Å². The molecule has 3 heterocycles. The van der Waals surface area contributed by atoms with Gasteiger partial charge in [0.2, 0.25) is 5.69 Å². The molecule has 3 aliphatic rings. The van der Waals surface area contributed by atoms with Gasteiger partial charge in [0.05, 0.1) is 38.5 Å². The Bertz CT molecular complexity index is 2620. The summed E-state index contributed by atoms with van der Waals surface area (Å²) in [5.74, 6) is -2.71. The lowest BCUT2D eigenvalue weighted by molar-refractivity contribution is -0.442. The van der Waals surface area contributed by atoms with Crippen LogP contribution in [0.2, 0.25) is 0 Å². The zero-order chi connectivity index (χ0) is 48.0. The smallest absolute Gasteiger partial charge is 0.333 e. The third kappa shape index (κ3) is 12.2. The van der Waals surface area contributed by atoms with Crippen LogP contribution in [0.3, 0.4) is 0 Å². The maximum Gasteiger partial charge on any atom is 0.333 e. The molecule has 1 fully saturated rings. The third-order valence-electron chi connectivity index (χ3n) is 11.7. The number of benzene rings is 2. The Balaban J connectivity index is 1.57. The average Bonchev–Trinajstić information content (AvgIpc) is 3.75. The molecule has 0 saturated carbocycles. The van der Waals surface area contributed by atoms with Crippen molar-refractivity contribution in [3.05, 3.63) is 83.1 Å². The van der Waals surface area contributed by atoms with Crippen molar-refractivity contribution in [2.45, 2.75) is 86.3 Å². The summed E-state index contributed by atoms with van der Waals surface area (Å²) in [6, 6.07) is 8.05. The Morgan fingerprint density at radius 2 is 1.45 bits per heavy atom. The maximum absolute atomic E-state index is 12.8. The number of allylic oxidation sites excluding steroid dienone is 6. The van der Waals surface area contributed by atoms with Crippen molar-refractivity contribution in [3.8, 4) is 0 Å². The van der Waals surface area contributed by atoms with Gasteiger partial charge in [-0.15, -0.1) is 5.06 Å². The monoisotopic (exact) mass is 963 g/mol. The van der Waals surface area contributed by atoms with E-state index in [1.807, 2.05) is 22.5 Å². The summed E-state index contributed by atoms with van der Waals surface area (Å²) in [5, 5.41) is 0.471. The van der Waals surface area contributed by atoms with Crippen LogP contribution in [0.4, 0.5) is 11.4 Å². The predicted molar refractivity (Wildman–Crippen MR) is 231 cm³/mol. The lowest BCUT2D eigenvalue weighted by atomic mass is 9.75. The lowest BCUT2D eigenvalue weighted by Crippen LogP contribution is -2.33. The number of hydrogen-bond acceptors (Lipinski definition) is 17. The summed E-state index contributed by atoms with van der Waals surface area (Å²) in [4.78, 5) is 42.9. The fourth-order valence-corrected chi connectivity index (χ4v) is 9.85. The summed E-state index contributed by atoms with van der Waals surface area (Å²) in [5.41, 5.74) is 1.97. The van der Waals surface area contributed by atoms with Gasteiger partial charge in [0.15, 0.2) is 12.3 Å². The molecule has 22 heteroatoms. The Morgan fingerprint density at radius 3 is 2.06 bits per heavy atom. The van der Waals surface area contributed by atoms with E-state index in [9.17, 15) is 53.3 Å². The van der Waals surface area contributed by atoms with E-state index in [1.165, 1.54) is 50.6 Å². The second kappa shape index (κ2) is 20.9. The molecule has 0 N–H and O–H groups in total. The summed E-state index contributed by atoms with van der Waals surface area (Å²) in [6.07, 6.45) is 7.38. The second-order valence-electron chi connectivity index (χ2n) is 16.3. The molecule has 2 aromatic rings. The van der Waals surface area contributed by atoms with Gasteiger partial charge >= 0.3 is 5.97 Å². The van der Waals surface area contributed by atoms with Crippen LogP contribution in [0.25, 0.3) is 0 Å². The van der Waals surface area contributed by atoms with Crippen LogP contribution in [-0.4, -0.2) is 132 Å². The van der Waals surface area contributed by atoms with E-state index in [0.717, 1.165) is 0 Å². The maximum atomic E-state index is 12.8. The quantitative estimate of drug-likeness (QED) is 0.0507. The van der Waals surface area contributed by atoms with Crippen LogP contribution >= 0.6 is 0 Å². The fraction of sp³-hybridized carbons (Fsp3) is 0.488. The molecule has 1 saturated heterocycles. The van der Waals surface area contributed by atoms with Gasteiger partial charge in [-0.1, -0.05) is 17.7 Å². The minimum atomic E-state index is -4.89. The molecule has 2 aromatic carbocycles. The van der Waals surface area contributed by atoms with Gasteiger partial charge in [-0.2, -0.15) is 4.58 Å². The number of nitrogens with zero attached hydrogens (tertiary/aromatic N) is 3. The molecule has 2 atom stereocenters. The number of ether oxygens (including phenoxy) is 3. The van der Waals surface area contributed by atoms with Gasteiger partial charge in [-0.25, -0.2) is 30.0 Å². The number of anilines is 1. The first-order valence-corrected chi connectivity index (χ1v) is 25.1. The number of carbonyl (C=O) groups is 3. The van der Waals surface area contributed by atoms with Crippen LogP contribution in [0.15, 0.2) is 81.8 Å². The molecule has 356 valence electrons. The molecule has 2 unspecified atom stereocenters. The number of hydroxylamine groups is 2. The van der Waals surface area contributed by atoms with E-state index in [-0.39, 0.29) is 71.4 Å². The number of methoxy groups -OCH3 is 2. The molecule has 0 spiro atoms. The van der Waals surface area contributed by atoms with Gasteiger partial charge in [0.1, 0.15) is 26.8 Å². The Labute approximate surface area is 379 Å². The SMILES string of the molecule is COCCOCC[N+]1=C(/C=C/C(C)=C/C=C2/N(CCCC(=O)ON3C(=O)CCC3=O)c3ccc(S(=O)(=O)[O-])cc3C2(C)CCOC)C(C)(CCCS(=O)(=O)[O-])c2cc(S(=O)(=O)[O-])ccc21. The standard InChI is InChI=1S/C43H55N3O16S3/c1-30(9-15-37-42(2,19-7-27-63(50,51)52)33-28-31(64(53,54)55)12-14-36(33)45(37)22-24-61-26-25-60-5)10-16-38-43(3,20-23-59-4)34-29-32(65(56,57)58)11-13-35(34)44(38)21-6-8-41(49)62-46-39(47)17-18-40(46)48/h9-16,28-29H,6-8,17-27H2,1-5H3,(H2-,50,51,52,53,54,55,56,57,58)/p-2. The molecular formula is C43H53N3O16S3-2. The molecule has 0 aromatic heterocycles. The Morgan fingerprint density at radius 1 is 0.815 bits per heavy atom. The highest BCUT2D eigenvalue weighted by Crippen LogP contribution is 2.51. The highest BCUT2D eigenvalue weighted by Gasteiger charge is 2.48. The van der Waals surface area contributed by atoms with Crippen LogP contribution in [0, 0.1) is 0 Å². The predicted octanol–water partition coefficient (Wildman–Crippen LogP) is 3.43. The van der Waals surface area contributed by atoms with Crippen LogP contribution in [0.1, 0.15) is 76.8 Å². The zero-order valence-electron chi connectivity index (χ0n) is 36.8. The molecule has 0 radical (unpaired) electrons. The number of imide groups is 1. The van der Waals surface area contributed by atoms with E-state index >= 15 is 0 Å². The van der Waals surface area contributed by atoms with Crippen molar-refractivity contribution in [1.29, 1.82) is 0 Å². The number of amides is 2. The summed E-state index contributed by atoms with van der Waals surface area (Å²) >= 11 is 0. The molecule has 2 amide bonds. The van der Waals surface area contributed by atoms with Gasteiger partial charge in [0, 0.05) is 86.9 Å².